The number of nitrogens with one attached hydrogen (secondary N) is 3. The molecule has 0 aliphatic heterocycles. The van der Waals surface area contributed by atoms with Gasteiger partial charge in [0.15, 0.2) is 5.03 Å². The molecule has 0 atom stereocenters. The van der Waals surface area contributed by atoms with E-state index in [4.69, 9.17) is 4.52 Å². The minimum absolute atomic E-state index is 0.0149. The Morgan fingerprint density at radius 1 is 1.19 bits per heavy atom. The fourth-order valence-corrected chi connectivity index (χ4v) is 3.21. The van der Waals surface area contributed by atoms with Crippen LogP contribution < -0.4 is 10.0 Å². The molecule has 2 aromatic heterocycles. The van der Waals surface area contributed by atoms with Crippen LogP contribution in [0.1, 0.15) is 28.3 Å². The number of H-pyrrole nitrogens is 1. The molecule has 2 aromatic rings. The fourth-order valence-electron chi connectivity index (χ4n) is 2.03. The van der Waals surface area contributed by atoms with Crippen LogP contribution >= 0.6 is 0 Å². The molecular weight excluding hydrogens is 294 g/mol. The van der Waals surface area contributed by atoms with Crippen molar-refractivity contribution in [2.45, 2.75) is 38.9 Å². The van der Waals surface area contributed by atoms with Crippen molar-refractivity contribution in [2.24, 2.45) is 0 Å². The van der Waals surface area contributed by atoms with Crippen LogP contribution in [0.5, 0.6) is 0 Å². The summed E-state index contributed by atoms with van der Waals surface area (Å²) in [6, 6.07) is 0. The van der Waals surface area contributed by atoms with Crippen LogP contribution in [0.3, 0.4) is 0 Å². The van der Waals surface area contributed by atoms with E-state index < -0.39 is 10.0 Å². The lowest BCUT2D eigenvalue weighted by Gasteiger charge is -2.06. The van der Waals surface area contributed by atoms with Gasteiger partial charge in [-0.3, -0.25) is 5.10 Å². The van der Waals surface area contributed by atoms with Crippen LogP contribution in [0.15, 0.2) is 9.55 Å². The summed E-state index contributed by atoms with van der Waals surface area (Å²) in [6.07, 6.45) is 0. The van der Waals surface area contributed by atoms with Gasteiger partial charge in [-0.25, -0.2) is 13.1 Å². The molecule has 2 rings (SSSR count). The summed E-state index contributed by atoms with van der Waals surface area (Å²) < 4.78 is 32.3. The molecule has 0 radical (unpaired) electrons. The Balaban J connectivity index is 2.23. The van der Waals surface area contributed by atoms with Crippen LogP contribution in [-0.4, -0.2) is 30.8 Å². The van der Waals surface area contributed by atoms with Gasteiger partial charge in [0.1, 0.15) is 5.76 Å². The summed E-state index contributed by atoms with van der Waals surface area (Å²) >= 11 is 0. The van der Waals surface area contributed by atoms with Crippen molar-refractivity contribution in [3.63, 3.8) is 0 Å². The van der Waals surface area contributed by atoms with Gasteiger partial charge in [0, 0.05) is 29.9 Å². The minimum Gasteiger partial charge on any atom is -0.361 e. The van der Waals surface area contributed by atoms with Crippen molar-refractivity contribution >= 4 is 10.0 Å². The molecule has 0 amide bonds. The molecule has 0 aliphatic carbocycles. The van der Waals surface area contributed by atoms with E-state index in [0.29, 0.717) is 23.6 Å². The number of hydrogen-bond acceptors (Lipinski definition) is 6. The topological polar surface area (TPSA) is 113 Å². The fraction of sp³-hybridized carbons (Fsp3) is 0.500. The third kappa shape index (κ3) is 3.14. The zero-order valence-electron chi connectivity index (χ0n) is 12.4. The summed E-state index contributed by atoms with van der Waals surface area (Å²) in [7, 11) is -1.95. The number of nitrogens with zero attached hydrogens (tertiary/aromatic N) is 2. The highest BCUT2D eigenvalue weighted by molar-refractivity contribution is 7.89. The van der Waals surface area contributed by atoms with Crippen LogP contribution in [0.4, 0.5) is 0 Å². The Hall–Kier alpha value is -1.71. The van der Waals surface area contributed by atoms with Gasteiger partial charge < -0.3 is 9.84 Å². The number of sulfonamides is 1. The third-order valence-electron chi connectivity index (χ3n) is 3.26. The second kappa shape index (κ2) is 5.96. The lowest BCUT2D eigenvalue weighted by molar-refractivity contribution is 0.392. The van der Waals surface area contributed by atoms with Gasteiger partial charge in [0.2, 0.25) is 0 Å². The van der Waals surface area contributed by atoms with E-state index in [-0.39, 0.29) is 11.6 Å². The molecular formula is C12H19N5O3S. The maximum absolute atomic E-state index is 12.4. The minimum atomic E-state index is -3.70. The molecule has 116 valence electrons. The van der Waals surface area contributed by atoms with Gasteiger partial charge >= 0.3 is 0 Å². The second-order valence-corrected chi connectivity index (χ2v) is 6.47. The Morgan fingerprint density at radius 3 is 2.48 bits per heavy atom. The predicted octanol–water partition coefficient (Wildman–Crippen LogP) is 0.521. The first-order valence-corrected chi connectivity index (χ1v) is 7.95. The predicted molar refractivity (Wildman–Crippen MR) is 76.1 cm³/mol. The van der Waals surface area contributed by atoms with E-state index in [1.54, 1.807) is 27.8 Å². The maximum atomic E-state index is 12.4. The highest BCUT2D eigenvalue weighted by Crippen LogP contribution is 2.17. The van der Waals surface area contributed by atoms with Crippen molar-refractivity contribution in [1.82, 2.24) is 25.4 Å². The van der Waals surface area contributed by atoms with Gasteiger partial charge in [-0.2, -0.15) is 5.10 Å². The molecule has 0 aromatic carbocycles. The largest absolute Gasteiger partial charge is 0.361 e. The Bertz CT molecular complexity index is 713. The normalized spacial score (nSPS) is 12.0. The number of rotatable bonds is 6. The summed E-state index contributed by atoms with van der Waals surface area (Å²) in [4.78, 5) is 0. The first-order valence-electron chi connectivity index (χ1n) is 6.46. The molecule has 0 saturated heterocycles. The molecule has 0 aliphatic rings. The molecule has 0 saturated carbocycles. The van der Waals surface area contributed by atoms with Crippen LogP contribution in [0, 0.1) is 20.8 Å². The molecule has 21 heavy (non-hydrogen) atoms. The van der Waals surface area contributed by atoms with Crippen molar-refractivity contribution in [3.8, 4) is 0 Å². The van der Waals surface area contributed by atoms with Crippen LogP contribution in [-0.2, 0) is 23.1 Å². The highest BCUT2D eigenvalue weighted by atomic mass is 32.2. The molecule has 9 heteroatoms. The van der Waals surface area contributed by atoms with E-state index in [9.17, 15) is 8.42 Å². The maximum Gasteiger partial charge on any atom is 0.260 e. The van der Waals surface area contributed by atoms with Crippen molar-refractivity contribution in [3.05, 3.63) is 28.3 Å². The third-order valence-corrected chi connectivity index (χ3v) is 4.64. The molecule has 0 spiro atoms. The van der Waals surface area contributed by atoms with Gasteiger partial charge in [0.25, 0.3) is 10.0 Å². The first-order chi connectivity index (χ1) is 9.86. The lowest BCUT2D eigenvalue weighted by atomic mass is 10.2. The van der Waals surface area contributed by atoms with E-state index in [0.717, 1.165) is 11.3 Å². The number of aromatic amines is 1. The van der Waals surface area contributed by atoms with Crippen molar-refractivity contribution in [2.75, 3.05) is 7.05 Å². The lowest BCUT2D eigenvalue weighted by Crippen LogP contribution is -2.25. The zero-order valence-corrected chi connectivity index (χ0v) is 13.3. The summed E-state index contributed by atoms with van der Waals surface area (Å²) in [5.74, 6) is 0.601. The number of aromatic nitrogens is 3. The van der Waals surface area contributed by atoms with E-state index in [1.807, 2.05) is 0 Å². The van der Waals surface area contributed by atoms with E-state index in [1.165, 1.54) is 0 Å². The Morgan fingerprint density at radius 2 is 1.90 bits per heavy atom. The first kappa shape index (κ1) is 15.7. The van der Waals surface area contributed by atoms with E-state index in [2.05, 4.69) is 25.4 Å². The van der Waals surface area contributed by atoms with Gasteiger partial charge in [-0.1, -0.05) is 5.16 Å². The summed E-state index contributed by atoms with van der Waals surface area (Å²) in [6.45, 7) is 5.84. The highest BCUT2D eigenvalue weighted by Gasteiger charge is 2.24. The average Bonchev–Trinajstić information content (AvgIpc) is 2.93. The molecule has 0 bridgehead atoms. The zero-order chi connectivity index (χ0) is 15.6. The quantitative estimate of drug-likeness (QED) is 0.716. The van der Waals surface area contributed by atoms with E-state index >= 15 is 0 Å². The monoisotopic (exact) mass is 313 g/mol. The summed E-state index contributed by atoms with van der Waals surface area (Å²) in [5, 5.41) is 13.3. The van der Waals surface area contributed by atoms with Crippen LogP contribution in [0.25, 0.3) is 0 Å². The van der Waals surface area contributed by atoms with Gasteiger partial charge in [-0.15, -0.1) is 0 Å². The van der Waals surface area contributed by atoms with Crippen molar-refractivity contribution in [1.29, 1.82) is 0 Å². The van der Waals surface area contributed by atoms with Crippen LogP contribution in [0.2, 0.25) is 0 Å². The second-order valence-electron chi connectivity index (χ2n) is 4.79. The SMILES string of the molecule is CNCc1c(S(=O)(=O)NCc2c(C)noc2C)n[nH]c1C. The van der Waals surface area contributed by atoms with Gasteiger partial charge in [-0.05, 0) is 27.8 Å². The molecule has 0 fully saturated rings. The number of hydrogen-bond donors (Lipinski definition) is 3. The van der Waals surface area contributed by atoms with Crippen molar-refractivity contribution < 1.29 is 12.9 Å². The smallest absolute Gasteiger partial charge is 0.260 e. The Kier molecular flexibility index (Phi) is 4.45. The van der Waals surface area contributed by atoms with Gasteiger partial charge in [0.05, 0.1) is 5.69 Å². The molecule has 2 heterocycles. The molecule has 0 unspecified atom stereocenters. The number of aryl methyl sites for hydroxylation is 3. The molecule has 3 N–H and O–H groups in total. The average molecular weight is 313 g/mol. The molecule has 8 nitrogen and oxygen atoms in total. The summed E-state index contributed by atoms with van der Waals surface area (Å²) in [5.41, 5.74) is 2.76. The standard InChI is InChI=1S/C12H19N5O3S/c1-7-11(5-13-4)12(16-15-7)21(18,19)14-6-10-8(2)17-20-9(10)3/h13-14H,5-6H2,1-4H3,(H,15,16). The Labute approximate surface area is 123 Å².